The molecule has 0 saturated heterocycles. The van der Waals surface area contributed by atoms with Crippen LogP contribution in [0.1, 0.15) is 18.9 Å². The summed E-state index contributed by atoms with van der Waals surface area (Å²) < 4.78 is 15.5. The molecule has 0 fully saturated rings. The molecule has 114 valence electrons. The maximum Gasteiger partial charge on any atom is 0.333 e. The molecule has 1 aromatic carbocycles. The molecule has 0 bridgehead atoms. The molecular weight excluding hydrogens is 268 g/mol. The number of hydrogen-bond acceptors (Lipinski definition) is 4. The first-order chi connectivity index (χ1) is 10.1. The number of ether oxygens (including phenoxy) is 3. The van der Waals surface area contributed by atoms with Crippen molar-refractivity contribution in [1.29, 1.82) is 0 Å². The summed E-state index contributed by atoms with van der Waals surface area (Å²) in [6.07, 6.45) is 4.61. The number of carbonyl (C=O) groups excluding carboxylic acids is 1. The molecule has 0 aliphatic carbocycles. The van der Waals surface area contributed by atoms with Crippen molar-refractivity contribution in [2.75, 3.05) is 26.9 Å². The standard InChI is InChI=1S/C17H22O4/c1-14(2)17(18)21-13-5-12-20-11-4-6-15-7-9-16(19-3)10-8-15/h4,6-10H,1,5,11-13H2,2-3H3/b6-4+. The number of hydrogen-bond donors (Lipinski definition) is 0. The Balaban J connectivity index is 2.09. The summed E-state index contributed by atoms with van der Waals surface area (Å²) >= 11 is 0. The highest BCUT2D eigenvalue weighted by Crippen LogP contribution is 2.12. The zero-order valence-corrected chi connectivity index (χ0v) is 12.6. The Labute approximate surface area is 126 Å². The van der Waals surface area contributed by atoms with Crippen molar-refractivity contribution < 1.29 is 19.0 Å². The molecule has 0 spiro atoms. The minimum absolute atomic E-state index is 0.352. The SMILES string of the molecule is C=C(C)C(=O)OCCCOC/C=C/c1ccc(OC)cc1. The maximum absolute atomic E-state index is 11.1. The quantitative estimate of drug-likeness (QED) is 0.398. The first-order valence-corrected chi connectivity index (χ1v) is 6.84. The van der Waals surface area contributed by atoms with E-state index in [0.717, 1.165) is 11.3 Å². The summed E-state index contributed by atoms with van der Waals surface area (Å²) in [5.74, 6) is 0.488. The largest absolute Gasteiger partial charge is 0.497 e. The van der Waals surface area contributed by atoms with Crippen molar-refractivity contribution in [1.82, 2.24) is 0 Å². The van der Waals surface area contributed by atoms with Gasteiger partial charge in [-0.25, -0.2) is 4.79 Å². The second-order valence-electron chi connectivity index (χ2n) is 4.52. The van der Waals surface area contributed by atoms with E-state index < -0.39 is 0 Å². The van der Waals surface area contributed by atoms with Gasteiger partial charge < -0.3 is 14.2 Å². The number of methoxy groups -OCH3 is 1. The van der Waals surface area contributed by atoms with Gasteiger partial charge in [0, 0.05) is 12.0 Å². The molecule has 0 N–H and O–H groups in total. The molecule has 21 heavy (non-hydrogen) atoms. The van der Waals surface area contributed by atoms with Gasteiger partial charge in [-0.3, -0.25) is 0 Å². The fourth-order valence-electron chi connectivity index (χ4n) is 1.50. The van der Waals surface area contributed by atoms with Crippen LogP contribution in [0.25, 0.3) is 6.08 Å². The van der Waals surface area contributed by atoms with Crippen LogP contribution in [0.5, 0.6) is 5.75 Å². The molecule has 0 amide bonds. The van der Waals surface area contributed by atoms with E-state index in [-0.39, 0.29) is 5.97 Å². The van der Waals surface area contributed by atoms with Gasteiger partial charge in [-0.05, 0) is 24.6 Å². The summed E-state index contributed by atoms with van der Waals surface area (Å²) in [7, 11) is 1.65. The van der Waals surface area contributed by atoms with E-state index in [0.29, 0.717) is 31.8 Å². The lowest BCUT2D eigenvalue weighted by Crippen LogP contribution is -2.08. The molecule has 0 aliphatic rings. The molecule has 4 heteroatoms. The molecule has 0 saturated carbocycles. The van der Waals surface area contributed by atoms with Crippen molar-refractivity contribution in [2.45, 2.75) is 13.3 Å². The van der Waals surface area contributed by atoms with Crippen molar-refractivity contribution in [3.63, 3.8) is 0 Å². The van der Waals surface area contributed by atoms with E-state index in [2.05, 4.69) is 6.58 Å². The monoisotopic (exact) mass is 290 g/mol. The van der Waals surface area contributed by atoms with E-state index in [9.17, 15) is 4.79 Å². The first-order valence-electron chi connectivity index (χ1n) is 6.84. The number of rotatable bonds is 9. The van der Waals surface area contributed by atoms with E-state index in [4.69, 9.17) is 14.2 Å². The van der Waals surface area contributed by atoms with Gasteiger partial charge in [0.1, 0.15) is 5.75 Å². The Morgan fingerprint density at radius 3 is 2.57 bits per heavy atom. The third-order valence-corrected chi connectivity index (χ3v) is 2.65. The van der Waals surface area contributed by atoms with Crippen LogP contribution in [0.4, 0.5) is 0 Å². The Morgan fingerprint density at radius 2 is 1.95 bits per heavy atom. The second-order valence-corrected chi connectivity index (χ2v) is 4.52. The predicted molar refractivity (Wildman–Crippen MR) is 83.2 cm³/mol. The van der Waals surface area contributed by atoms with Crippen LogP contribution in [0.3, 0.4) is 0 Å². The Morgan fingerprint density at radius 1 is 1.24 bits per heavy atom. The summed E-state index contributed by atoms with van der Waals surface area (Å²) in [5.41, 5.74) is 1.51. The lowest BCUT2D eigenvalue weighted by atomic mass is 10.2. The van der Waals surface area contributed by atoms with E-state index in [1.807, 2.05) is 36.4 Å². The second kappa shape index (κ2) is 9.77. The molecule has 0 atom stereocenters. The summed E-state index contributed by atoms with van der Waals surface area (Å²) in [4.78, 5) is 11.1. The normalized spacial score (nSPS) is 10.6. The van der Waals surface area contributed by atoms with Crippen LogP contribution in [-0.2, 0) is 14.3 Å². The van der Waals surface area contributed by atoms with Gasteiger partial charge in [0.15, 0.2) is 0 Å². The van der Waals surface area contributed by atoms with Crippen molar-refractivity contribution >= 4 is 12.0 Å². The van der Waals surface area contributed by atoms with Gasteiger partial charge >= 0.3 is 5.97 Å². The molecular formula is C17H22O4. The first kappa shape index (κ1) is 17.0. The number of benzene rings is 1. The average Bonchev–Trinajstić information content (AvgIpc) is 2.50. The van der Waals surface area contributed by atoms with Gasteiger partial charge in [-0.2, -0.15) is 0 Å². The van der Waals surface area contributed by atoms with E-state index in [1.54, 1.807) is 14.0 Å². The van der Waals surface area contributed by atoms with Crippen LogP contribution in [0.15, 0.2) is 42.5 Å². The minimum Gasteiger partial charge on any atom is -0.497 e. The zero-order valence-electron chi connectivity index (χ0n) is 12.6. The predicted octanol–water partition coefficient (Wildman–Crippen LogP) is 3.23. The van der Waals surface area contributed by atoms with Gasteiger partial charge in [0.05, 0.1) is 26.9 Å². The Bertz CT molecular complexity index is 474. The van der Waals surface area contributed by atoms with Gasteiger partial charge in [-0.1, -0.05) is 30.9 Å². The zero-order chi connectivity index (χ0) is 15.5. The smallest absolute Gasteiger partial charge is 0.333 e. The maximum atomic E-state index is 11.1. The fraction of sp³-hybridized carbons (Fsp3) is 0.353. The van der Waals surface area contributed by atoms with Crippen LogP contribution in [0, 0.1) is 0 Å². The highest BCUT2D eigenvalue weighted by molar-refractivity contribution is 5.86. The third kappa shape index (κ3) is 7.32. The average molecular weight is 290 g/mol. The van der Waals surface area contributed by atoms with Crippen LogP contribution in [0.2, 0.25) is 0 Å². The van der Waals surface area contributed by atoms with E-state index >= 15 is 0 Å². The minimum atomic E-state index is -0.352. The van der Waals surface area contributed by atoms with Crippen LogP contribution in [-0.4, -0.2) is 32.9 Å². The topological polar surface area (TPSA) is 44.8 Å². The third-order valence-electron chi connectivity index (χ3n) is 2.65. The lowest BCUT2D eigenvalue weighted by molar-refractivity contribution is -0.139. The number of esters is 1. The Kier molecular flexibility index (Phi) is 7.90. The molecule has 0 unspecified atom stereocenters. The lowest BCUT2D eigenvalue weighted by Gasteiger charge is -2.04. The summed E-state index contributed by atoms with van der Waals surface area (Å²) in [5, 5.41) is 0. The molecule has 1 rings (SSSR count). The van der Waals surface area contributed by atoms with Gasteiger partial charge in [0.25, 0.3) is 0 Å². The summed E-state index contributed by atoms with van der Waals surface area (Å²) in [6, 6.07) is 7.78. The fourth-order valence-corrected chi connectivity index (χ4v) is 1.50. The van der Waals surface area contributed by atoms with E-state index in [1.165, 1.54) is 0 Å². The molecule has 1 aromatic rings. The molecule has 0 aromatic heterocycles. The number of carbonyl (C=O) groups is 1. The van der Waals surface area contributed by atoms with Crippen molar-refractivity contribution in [2.24, 2.45) is 0 Å². The van der Waals surface area contributed by atoms with Crippen molar-refractivity contribution in [3.05, 3.63) is 48.1 Å². The molecule has 4 nitrogen and oxygen atoms in total. The molecule has 0 heterocycles. The van der Waals surface area contributed by atoms with Crippen molar-refractivity contribution in [3.8, 4) is 5.75 Å². The molecule has 0 aliphatic heterocycles. The van der Waals surface area contributed by atoms with Gasteiger partial charge in [-0.15, -0.1) is 0 Å². The highest BCUT2D eigenvalue weighted by atomic mass is 16.5. The molecule has 0 radical (unpaired) electrons. The summed E-state index contributed by atoms with van der Waals surface area (Å²) in [6.45, 7) is 6.57. The van der Waals surface area contributed by atoms with Crippen LogP contribution >= 0.6 is 0 Å². The highest BCUT2D eigenvalue weighted by Gasteiger charge is 2.01. The van der Waals surface area contributed by atoms with Crippen LogP contribution < -0.4 is 4.74 Å². The Hall–Kier alpha value is -2.07. The van der Waals surface area contributed by atoms with Gasteiger partial charge in [0.2, 0.25) is 0 Å².